The van der Waals surface area contributed by atoms with Crippen LogP contribution in [0.5, 0.6) is 23.1 Å². The van der Waals surface area contributed by atoms with Gasteiger partial charge >= 0.3 is 0 Å². The first kappa shape index (κ1) is 34.1. The van der Waals surface area contributed by atoms with Crippen molar-refractivity contribution in [3.63, 3.8) is 0 Å². The molecule has 2 heterocycles. The number of carbonyl (C=O) groups excluding carboxylic acids is 1. The highest BCUT2D eigenvalue weighted by molar-refractivity contribution is 6.32. The predicted octanol–water partition coefficient (Wildman–Crippen LogP) is 7.90. The summed E-state index contributed by atoms with van der Waals surface area (Å²) in [6.07, 6.45) is 5.79. The van der Waals surface area contributed by atoms with Gasteiger partial charge in [-0.1, -0.05) is 47.5 Å². The number of rotatable bonds is 11. The molecule has 5 rings (SSSR count). The van der Waals surface area contributed by atoms with E-state index in [1.165, 1.54) is 5.56 Å². The van der Waals surface area contributed by atoms with Crippen molar-refractivity contribution in [2.75, 3.05) is 39.9 Å². The van der Waals surface area contributed by atoms with E-state index in [0.29, 0.717) is 47.1 Å². The number of halogens is 3. The molecule has 4 aromatic rings. The molecule has 236 valence electrons. The lowest BCUT2D eigenvalue weighted by atomic mass is 10.1. The van der Waals surface area contributed by atoms with Crippen LogP contribution in [0.4, 0.5) is 0 Å². The number of methoxy groups -OCH3 is 1. The van der Waals surface area contributed by atoms with Crippen molar-refractivity contribution in [2.45, 2.75) is 19.9 Å². The van der Waals surface area contributed by atoms with Gasteiger partial charge < -0.3 is 19.1 Å². The van der Waals surface area contributed by atoms with Gasteiger partial charge in [0.15, 0.2) is 5.75 Å². The molecule has 0 aliphatic carbocycles. The molecule has 1 aromatic heterocycles. The van der Waals surface area contributed by atoms with E-state index in [0.717, 1.165) is 48.5 Å². The number of hydrogen-bond donors (Lipinski definition) is 0. The third kappa shape index (κ3) is 9.87. The molecule has 0 saturated carbocycles. The van der Waals surface area contributed by atoms with E-state index in [1.54, 1.807) is 37.6 Å². The zero-order valence-corrected chi connectivity index (χ0v) is 27.6. The zero-order valence-electron chi connectivity index (χ0n) is 25.2. The molecular weight excluding hydrogens is 633 g/mol. The summed E-state index contributed by atoms with van der Waals surface area (Å²) in [6.45, 7) is 6.31. The molecular formula is C35H36Cl3N3O4. The van der Waals surface area contributed by atoms with Gasteiger partial charge in [-0.2, -0.15) is 0 Å². The summed E-state index contributed by atoms with van der Waals surface area (Å²) in [5, 5.41) is 1.16. The van der Waals surface area contributed by atoms with Gasteiger partial charge in [0, 0.05) is 56.3 Å². The average Bonchev–Trinajstić information content (AvgIpc) is 3.04. The van der Waals surface area contributed by atoms with E-state index >= 15 is 0 Å². The fourth-order valence-electron chi connectivity index (χ4n) is 4.93. The van der Waals surface area contributed by atoms with Crippen LogP contribution >= 0.6 is 35.6 Å². The molecule has 1 fully saturated rings. The normalized spacial score (nSPS) is 13.4. The maximum Gasteiger partial charge on any atom is 0.246 e. The summed E-state index contributed by atoms with van der Waals surface area (Å²) in [5.74, 6) is 2.42. The van der Waals surface area contributed by atoms with E-state index in [2.05, 4.69) is 22.0 Å². The summed E-state index contributed by atoms with van der Waals surface area (Å²) in [7, 11) is 1.67. The predicted molar refractivity (Wildman–Crippen MR) is 182 cm³/mol. The maximum atomic E-state index is 12.9. The summed E-state index contributed by atoms with van der Waals surface area (Å²) in [4.78, 5) is 21.5. The van der Waals surface area contributed by atoms with Gasteiger partial charge in [0.05, 0.1) is 24.9 Å². The average molecular weight is 669 g/mol. The molecule has 1 saturated heterocycles. The van der Waals surface area contributed by atoms with Crippen molar-refractivity contribution >= 4 is 47.6 Å². The van der Waals surface area contributed by atoms with Gasteiger partial charge in [-0.25, -0.2) is 4.98 Å². The summed E-state index contributed by atoms with van der Waals surface area (Å²) < 4.78 is 17.0. The van der Waals surface area contributed by atoms with Gasteiger partial charge in [-0.3, -0.25) is 9.69 Å². The quantitative estimate of drug-likeness (QED) is 0.152. The van der Waals surface area contributed by atoms with Crippen LogP contribution in [0.3, 0.4) is 0 Å². The van der Waals surface area contributed by atoms with Crippen LogP contribution in [0, 0.1) is 6.92 Å². The first-order valence-electron chi connectivity index (χ1n) is 14.5. The van der Waals surface area contributed by atoms with Crippen molar-refractivity contribution < 1.29 is 19.0 Å². The largest absolute Gasteiger partial charge is 0.497 e. The molecule has 1 aliphatic heterocycles. The number of aromatic nitrogens is 1. The van der Waals surface area contributed by atoms with E-state index in [4.69, 9.17) is 37.4 Å². The van der Waals surface area contributed by atoms with Crippen molar-refractivity contribution in [3.8, 4) is 23.1 Å². The molecule has 45 heavy (non-hydrogen) atoms. The van der Waals surface area contributed by atoms with Crippen molar-refractivity contribution in [1.29, 1.82) is 0 Å². The van der Waals surface area contributed by atoms with Gasteiger partial charge in [0.2, 0.25) is 11.8 Å². The fraction of sp³-hybridized carbons (Fsp3) is 0.257. The monoisotopic (exact) mass is 667 g/mol. The van der Waals surface area contributed by atoms with Gasteiger partial charge in [0.1, 0.15) is 11.5 Å². The molecule has 10 heteroatoms. The molecule has 1 aliphatic rings. The third-order valence-electron chi connectivity index (χ3n) is 7.41. The molecule has 0 radical (unpaired) electrons. The maximum absolute atomic E-state index is 12.9. The van der Waals surface area contributed by atoms with Crippen LogP contribution in [-0.2, 0) is 17.8 Å². The van der Waals surface area contributed by atoms with Gasteiger partial charge in [-0.15, -0.1) is 12.4 Å². The third-order valence-corrected chi connectivity index (χ3v) is 7.94. The number of ether oxygens (including phenoxy) is 3. The molecule has 0 N–H and O–H groups in total. The Balaban J connectivity index is 0.00000461. The Morgan fingerprint density at radius 1 is 0.911 bits per heavy atom. The van der Waals surface area contributed by atoms with Gasteiger partial charge in [-0.05, 0) is 77.7 Å². The van der Waals surface area contributed by atoms with Crippen LogP contribution < -0.4 is 14.2 Å². The van der Waals surface area contributed by atoms with Crippen LogP contribution in [0.25, 0.3) is 6.08 Å². The number of amides is 1. The van der Waals surface area contributed by atoms with Crippen LogP contribution in [0.1, 0.15) is 22.3 Å². The molecule has 0 spiro atoms. The first-order chi connectivity index (χ1) is 21.4. The van der Waals surface area contributed by atoms with E-state index < -0.39 is 0 Å². The van der Waals surface area contributed by atoms with E-state index in [-0.39, 0.29) is 18.3 Å². The first-order valence-corrected chi connectivity index (χ1v) is 15.3. The lowest BCUT2D eigenvalue weighted by Crippen LogP contribution is -2.47. The minimum atomic E-state index is -0.0112. The highest BCUT2D eigenvalue weighted by Crippen LogP contribution is 2.34. The number of hydrogen-bond acceptors (Lipinski definition) is 6. The highest BCUT2D eigenvalue weighted by Gasteiger charge is 2.20. The fourth-order valence-corrected chi connectivity index (χ4v) is 5.37. The minimum Gasteiger partial charge on any atom is -0.497 e. The number of benzene rings is 3. The number of pyridine rings is 1. The molecule has 3 aromatic carbocycles. The second-order valence-electron chi connectivity index (χ2n) is 10.6. The molecule has 0 bridgehead atoms. The van der Waals surface area contributed by atoms with Crippen LogP contribution in [0.2, 0.25) is 10.0 Å². The van der Waals surface area contributed by atoms with Gasteiger partial charge in [0.25, 0.3) is 0 Å². The minimum absolute atomic E-state index is 0. The lowest BCUT2D eigenvalue weighted by Gasteiger charge is -2.34. The van der Waals surface area contributed by atoms with Crippen LogP contribution in [0.15, 0.2) is 85.1 Å². The zero-order chi connectivity index (χ0) is 30.9. The Morgan fingerprint density at radius 2 is 1.60 bits per heavy atom. The summed E-state index contributed by atoms with van der Waals surface area (Å²) >= 11 is 12.5. The van der Waals surface area contributed by atoms with E-state index in [1.807, 2.05) is 60.4 Å². The number of carbonyl (C=O) groups is 1. The molecule has 1 amide bonds. The van der Waals surface area contributed by atoms with Crippen molar-refractivity contribution in [2.24, 2.45) is 0 Å². The SMILES string of the molecule is COc1ccc(CN2CCN(C(=O)C=Cc3cc(C)c(Oc4ccc(OCCc5ccc(Cl)cc5)cn4)c(Cl)c3)CC2)cc1.Cl. The Hall–Kier alpha value is -3.75. The summed E-state index contributed by atoms with van der Waals surface area (Å²) in [6, 6.07) is 23.1. The molecule has 7 nitrogen and oxygen atoms in total. The standard InChI is InChI=1S/C35H35Cl2N3O4.ClH/c1-25-21-28(7-14-34(41)40-18-16-39(17-19-40)24-27-5-10-30(42-2)11-6-27)22-32(37)35(25)44-33-13-12-31(23-38-33)43-20-15-26-3-8-29(36)9-4-26;/h3-14,21-23H,15-20,24H2,1-2H3;1H. The smallest absolute Gasteiger partial charge is 0.246 e. The Labute approximate surface area is 280 Å². The van der Waals surface area contributed by atoms with Crippen molar-refractivity contribution in [3.05, 3.63) is 117 Å². The van der Waals surface area contributed by atoms with Crippen molar-refractivity contribution in [1.82, 2.24) is 14.8 Å². The second-order valence-corrected chi connectivity index (χ2v) is 11.4. The van der Waals surface area contributed by atoms with Crippen LogP contribution in [-0.4, -0.2) is 60.6 Å². The topological polar surface area (TPSA) is 64.1 Å². The Kier molecular flexibility index (Phi) is 12.5. The second kappa shape index (κ2) is 16.5. The molecule has 0 unspecified atom stereocenters. The highest BCUT2D eigenvalue weighted by atomic mass is 35.5. The lowest BCUT2D eigenvalue weighted by molar-refractivity contribution is -0.127. The number of aryl methyl sites for hydroxylation is 1. The molecule has 0 atom stereocenters. The number of nitrogens with zero attached hydrogens (tertiary/aromatic N) is 3. The summed E-state index contributed by atoms with van der Waals surface area (Å²) in [5.41, 5.74) is 4.04. The van der Waals surface area contributed by atoms with E-state index in [9.17, 15) is 4.79 Å². The Bertz CT molecular complexity index is 1550. The number of piperazine rings is 1. The Morgan fingerprint density at radius 3 is 2.24 bits per heavy atom.